The molecule has 1 rings (SSSR count). The molecule has 0 unspecified atom stereocenters. The first kappa shape index (κ1) is 13.9. The molecule has 4 heteroatoms. The van der Waals surface area contributed by atoms with Gasteiger partial charge < -0.3 is 0 Å². The summed E-state index contributed by atoms with van der Waals surface area (Å²) in [4.78, 5) is 0. The fourth-order valence-electron chi connectivity index (χ4n) is 1.93. The summed E-state index contributed by atoms with van der Waals surface area (Å²) in [5, 5.41) is 5.34. The summed E-state index contributed by atoms with van der Waals surface area (Å²) in [6.07, 6.45) is 2.08. The molecule has 0 N–H and O–H groups in total. The van der Waals surface area contributed by atoms with Crippen LogP contribution in [-0.2, 0) is 5.88 Å². The zero-order chi connectivity index (χ0) is 12.3. The van der Waals surface area contributed by atoms with Crippen LogP contribution in [0.1, 0.15) is 63.8 Å². The zero-order valence-electron chi connectivity index (χ0n) is 10.4. The molecule has 92 valence electrons. The standard InChI is InChI=1S/C12H20Cl2N2/c1-5-9(6-2)16-12(14)10(7-13)11(15-16)8(3)4/h8-9H,5-7H2,1-4H3. The summed E-state index contributed by atoms with van der Waals surface area (Å²) in [6.45, 7) is 8.54. The number of nitrogens with zero attached hydrogens (tertiary/aromatic N) is 2. The van der Waals surface area contributed by atoms with Gasteiger partial charge in [-0.2, -0.15) is 5.10 Å². The van der Waals surface area contributed by atoms with Crippen LogP contribution < -0.4 is 0 Å². The minimum Gasteiger partial charge on any atom is -0.250 e. The Bertz CT molecular complexity index is 341. The molecule has 16 heavy (non-hydrogen) atoms. The fourth-order valence-corrected chi connectivity index (χ4v) is 2.60. The Morgan fingerprint density at radius 1 is 1.25 bits per heavy atom. The molecule has 1 aromatic heterocycles. The van der Waals surface area contributed by atoms with Crippen LogP contribution in [-0.4, -0.2) is 9.78 Å². The lowest BCUT2D eigenvalue weighted by Gasteiger charge is -2.14. The van der Waals surface area contributed by atoms with Gasteiger partial charge in [0, 0.05) is 5.56 Å². The summed E-state index contributed by atoms with van der Waals surface area (Å²) in [7, 11) is 0. The second kappa shape index (κ2) is 5.92. The maximum Gasteiger partial charge on any atom is 0.132 e. The third kappa shape index (κ3) is 2.54. The van der Waals surface area contributed by atoms with Crippen LogP contribution in [0.2, 0.25) is 5.15 Å². The van der Waals surface area contributed by atoms with E-state index in [2.05, 4.69) is 32.8 Å². The number of rotatable bonds is 5. The maximum atomic E-state index is 6.34. The van der Waals surface area contributed by atoms with E-state index in [9.17, 15) is 0 Å². The van der Waals surface area contributed by atoms with E-state index in [0.717, 1.165) is 24.1 Å². The Morgan fingerprint density at radius 3 is 2.12 bits per heavy atom. The van der Waals surface area contributed by atoms with Gasteiger partial charge in [-0.1, -0.05) is 39.3 Å². The minimum absolute atomic E-state index is 0.363. The van der Waals surface area contributed by atoms with E-state index in [-0.39, 0.29) is 0 Å². The molecule has 0 bridgehead atoms. The maximum absolute atomic E-state index is 6.34. The summed E-state index contributed by atoms with van der Waals surface area (Å²) in [5.41, 5.74) is 2.03. The van der Waals surface area contributed by atoms with Crippen molar-refractivity contribution >= 4 is 23.2 Å². The quantitative estimate of drug-likeness (QED) is 0.700. The van der Waals surface area contributed by atoms with E-state index in [1.807, 2.05) is 4.68 Å². The van der Waals surface area contributed by atoms with E-state index in [0.29, 0.717) is 23.0 Å². The average Bonchev–Trinajstić information content (AvgIpc) is 2.58. The van der Waals surface area contributed by atoms with Gasteiger partial charge in [-0.25, -0.2) is 0 Å². The first-order valence-corrected chi connectivity index (χ1v) is 6.80. The predicted octanol–water partition coefficient (Wildman–Crippen LogP) is 4.76. The molecule has 0 atom stereocenters. The van der Waals surface area contributed by atoms with Crippen molar-refractivity contribution < 1.29 is 0 Å². The van der Waals surface area contributed by atoms with Crippen molar-refractivity contribution in [3.63, 3.8) is 0 Å². The molecule has 0 aliphatic rings. The van der Waals surface area contributed by atoms with Crippen molar-refractivity contribution in [2.75, 3.05) is 0 Å². The van der Waals surface area contributed by atoms with Gasteiger partial charge >= 0.3 is 0 Å². The summed E-state index contributed by atoms with van der Waals surface area (Å²) >= 11 is 12.3. The van der Waals surface area contributed by atoms with Crippen LogP contribution in [0.25, 0.3) is 0 Å². The van der Waals surface area contributed by atoms with Crippen molar-refractivity contribution in [2.45, 2.75) is 58.4 Å². The van der Waals surface area contributed by atoms with Crippen molar-refractivity contribution in [3.8, 4) is 0 Å². The number of hydrogen-bond donors (Lipinski definition) is 0. The van der Waals surface area contributed by atoms with Crippen LogP contribution >= 0.6 is 23.2 Å². The highest BCUT2D eigenvalue weighted by Gasteiger charge is 2.21. The number of halogens is 2. The normalized spacial score (nSPS) is 11.8. The molecular weight excluding hydrogens is 243 g/mol. The van der Waals surface area contributed by atoms with Crippen LogP contribution in [0.15, 0.2) is 0 Å². The summed E-state index contributed by atoms with van der Waals surface area (Å²) in [6, 6.07) is 0.377. The summed E-state index contributed by atoms with van der Waals surface area (Å²) < 4.78 is 1.94. The van der Waals surface area contributed by atoms with E-state index >= 15 is 0 Å². The smallest absolute Gasteiger partial charge is 0.132 e. The van der Waals surface area contributed by atoms with E-state index < -0.39 is 0 Å². The van der Waals surface area contributed by atoms with Gasteiger partial charge in [-0.05, 0) is 18.8 Å². The topological polar surface area (TPSA) is 17.8 Å². The van der Waals surface area contributed by atoms with Gasteiger partial charge in [0.25, 0.3) is 0 Å². The Morgan fingerprint density at radius 2 is 1.81 bits per heavy atom. The largest absolute Gasteiger partial charge is 0.250 e. The Balaban J connectivity index is 3.21. The van der Waals surface area contributed by atoms with Crippen LogP contribution in [0, 0.1) is 0 Å². The Kier molecular flexibility index (Phi) is 5.13. The molecule has 0 fully saturated rings. The van der Waals surface area contributed by atoms with Gasteiger partial charge in [0.15, 0.2) is 0 Å². The molecule has 0 aliphatic heterocycles. The molecule has 1 aromatic rings. The van der Waals surface area contributed by atoms with E-state index in [1.165, 1.54) is 0 Å². The Hall–Kier alpha value is -0.210. The molecule has 1 heterocycles. The van der Waals surface area contributed by atoms with E-state index in [1.54, 1.807) is 0 Å². The molecule has 0 amide bonds. The number of hydrogen-bond acceptors (Lipinski definition) is 1. The molecule has 0 spiro atoms. The molecule has 0 saturated heterocycles. The average molecular weight is 263 g/mol. The lowest BCUT2D eigenvalue weighted by Crippen LogP contribution is -2.09. The molecule has 0 aliphatic carbocycles. The fraction of sp³-hybridized carbons (Fsp3) is 0.750. The molecule has 2 nitrogen and oxygen atoms in total. The SMILES string of the molecule is CCC(CC)n1nc(C(C)C)c(CCl)c1Cl. The van der Waals surface area contributed by atoms with Crippen molar-refractivity contribution in [1.29, 1.82) is 0 Å². The van der Waals surface area contributed by atoms with Crippen LogP contribution in [0.3, 0.4) is 0 Å². The first-order chi connectivity index (χ1) is 7.56. The zero-order valence-corrected chi connectivity index (χ0v) is 11.9. The van der Waals surface area contributed by atoms with Gasteiger partial charge in [-0.3, -0.25) is 4.68 Å². The number of alkyl halides is 1. The minimum atomic E-state index is 0.363. The predicted molar refractivity (Wildman–Crippen MR) is 70.5 cm³/mol. The molecule has 0 saturated carbocycles. The molecule has 0 aromatic carbocycles. The lowest BCUT2D eigenvalue weighted by atomic mass is 10.1. The third-order valence-electron chi connectivity index (χ3n) is 2.94. The summed E-state index contributed by atoms with van der Waals surface area (Å²) in [5.74, 6) is 0.800. The van der Waals surface area contributed by atoms with E-state index in [4.69, 9.17) is 23.2 Å². The third-order valence-corrected chi connectivity index (χ3v) is 3.61. The lowest BCUT2D eigenvalue weighted by molar-refractivity contribution is 0.424. The van der Waals surface area contributed by atoms with Crippen LogP contribution in [0.5, 0.6) is 0 Å². The van der Waals surface area contributed by atoms with Gasteiger partial charge in [-0.15, -0.1) is 11.6 Å². The van der Waals surface area contributed by atoms with Crippen LogP contribution in [0.4, 0.5) is 0 Å². The molecular formula is C12H20Cl2N2. The molecule has 0 radical (unpaired) electrons. The monoisotopic (exact) mass is 262 g/mol. The van der Waals surface area contributed by atoms with Crippen molar-refractivity contribution in [2.24, 2.45) is 0 Å². The highest BCUT2D eigenvalue weighted by atomic mass is 35.5. The van der Waals surface area contributed by atoms with Gasteiger partial charge in [0.1, 0.15) is 5.15 Å². The Labute approximate surface area is 108 Å². The second-order valence-corrected chi connectivity index (χ2v) is 4.98. The highest BCUT2D eigenvalue weighted by molar-refractivity contribution is 6.31. The van der Waals surface area contributed by atoms with Crippen molar-refractivity contribution in [1.82, 2.24) is 9.78 Å². The highest BCUT2D eigenvalue weighted by Crippen LogP contribution is 2.31. The second-order valence-electron chi connectivity index (χ2n) is 4.36. The van der Waals surface area contributed by atoms with Gasteiger partial charge in [0.2, 0.25) is 0 Å². The first-order valence-electron chi connectivity index (χ1n) is 5.89. The van der Waals surface area contributed by atoms with Gasteiger partial charge in [0.05, 0.1) is 17.6 Å². The number of aromatic nitrogens is 2. The van der Waals surface area contributed by atoms with Crippen molar-refractivity contribution in [3.05, 3.63) is 16.4 Å².